The molecule has 18 heavy (non-hydrogen) atoms. The van der Waals surface area contributed by atoms with Crippen LogP contribution in [0.1, 0.15) is 5.82 Å². The van der Waals surface area contributed by atoms with Gasteiger partial charge >= 0.3 is 0 Å². The SMILES string of the molecule is CN(Cc1ncn[nH]1)S(=O)(=O)c1ccc(=O)[nH]c1. The molecule has 2 heterocycles. The number of hydrogen-bond acceptors (Lipinski definition) is 5. The van der Waals surface area contributed by atoms with Crippen LogP contribution in [0.2, 0.25) is 0 Å². The summed E-state index contributed by atoms with van der Waals surface area (Å²) >= 11 is 0. The molecule has 0 aliphatic rings. The van der Waals surface area contributed by atoms with Crippen LogP contribution >= 0.6 is 0 Å². The van der Waals surface area contributed by atoms with Crippen LogP contribution in [0, 0.1) is 0 Å². The lowest BCUT2D eigenvalue weighted by atomic mass is 10.5. The molecule has 2 aromatic rings. The number of hydrogen-bond donors (Lipinski definition) is 2. The lowest BCUT2D eigenvalue weighted by Crippen LogP contribution is -2.27. The van der Waals surface area contributed by atoms with Crippen LogP contribution in [0.4, 0.5) is 0 Å². The lowest BCUT2D eigenvalue weighted by molar-refractivity contribution is 0.457. The molecule has 0 saturated heterocycles. The molecule has 9 heteroatoms. The zero-order chi connectivity index (χ0) is 13.2. The summed E-state index contributed by atoms with van der Waals surface area (Å²) in [6.45, 7) is 0.0709. The average Bonchev–Trinajstić information content (AvgIpc) is 2.82. The molecule has 0 radical (unpaired) electrons. The molecule has 0 aliphatic heterocycles. The number of pyridine rings is 1. The van der Waals surface area contributed by atoms with Gasteiger partial charge in [0.05, 0.1) is 11.4 Å². The van der Waals surface area contributed by atoms with Crippen molar-refractivity contribution in [3.05, 3.63) is 40.8 Å². The number of nitrogens with one attached hydrogen (secondary N) is 2. The van der Waals surface area contributed by atoms with Crippen molar-refractivity contribution in [3.8, 4) is 0 Å². The van der Waals surface area contributed by atoms with Crippen molar-refractivity contribution in [1.29, 1.82) is 0 Å². The van der Waals surface area contributed by atoms with Gasteiger partial charge in [0.25, 0.3) is 0 Å². The van der Waals surface area contributed by atoms with Gasteiger partial charge in [0.1, 0.15) is 12.2 Å². The summed E-state index contributed by atoms with van der Waals surface area (Å²) in [5.41, 5.74) is -0.355. The van der Waals surface area contributed by atoms with Crippen molar-refractivity contribution in [1.82, 2.24) is 24.5 Å². The van der Waals surface area contributed by atoms with Gasteiger partial charge < -0.3 is 4.98 Å². The van der Waals surface area contributed by atoms with Gasteiger partial charge in [-0.05, 0) is 6.07 Å². The third-order valence-electron chi connectivity index (χ3n) is 2.30. The second-order valence-corrected chi connectivity index (χ2v) is 5.63. The highest BCUT2D eigenvalue weighted by molar-refractivity contribution is 7.89. The summed E-state index contributed by atoms with van der Waals surface area (Å²) < 4.78 is 25.3. The number of aromatic nitrogens is 4. The highest BCUT2D eigenvalue weighted by Crippen LogP contribution is 2.12. The fourth-order valence-corrected chi connectivity index (χ4v) is 2.44. The normalized spacial score (nSPS) is 11.9. The van der Waals surface area contributed by atoms with Crippen molar-refractivity contribution < 1.29 is 8.42 Å². The minimum atomic E-state index is -3.66. The van der Waals surface area contributed by atoms with E-state index in [0.717, 1.165) is 16.6 Å². The highest BCUT2D eigenvalue weighted by Gasteiger charge is 2.21. The highest BCUT2D eigenvalue weighted by atomic mass is 32.2. The first-order valence-corrected chi connectivity index (χ1v) is 6.43. The Balaban J connectivity index is 2.25. The van der Waals surface area contributed by atoms with Gasteiger partial charge in [-0.25, -0.2) is 13.4 Å². The standard InChI is InChI=1S/C9H11N5O3S/c1-14(5-8-11-6-12-13-8)18(16,17)7-2-3-9(15)10-4-7/h2-4,6H,5H2,1H3,(H,10,15)(H,11,12,13). The summed E-state index contributed by atoms with van der Waals surface area (Å²) in [6, 6.07) is 2.42. The fraction of sp³-hybridized carbons (Fsp3) is 0.222. The molecule has 0 spiro atoms. The maximum atomic E-state index is 12.1. The molecule has 96 valence electrons. The van der Waals surface area contributed by atoms with Gasteiger partial charge in [0, 0.05) is 19.3 Å². The van der Waals surface area contributed by atoms with E-state index in [-0.39, 0.29) is 17.0 Å². The molecule has 0 aliphatic carbocycles. The summed E-state index contributed by atoms with van der Waals surface area (Å²) in [4.78, 5) is 17.1. The Labute approximate surface area is 103 Å². The predicted molar refractivity (Wildman–Crippen MR) is 62.1 cm³/mol. The van der Waals surface area contributed by atoms with Crippen LogP contribution in [0.15, 0.2) is 34.3 Å². The molecule has 0 aromatic carbocycles. The van der Waals surface area contributed by atoms with E-state index in [1.54, 1.807) is 0 Å². The van der Waals surface area contributed by atoms with Gasteiger partial charge in [-0.3, -0.25) is 9.89 Å². The van der Waals surface area contributed by atoms with E-state index in [4.69, 9.17) is 0 Å². The smallest absolute Gasteiger partial charge is 0.247 e. The quantitative estimate of drug-likeness (QED) is 0.763. The predicted octanol–water partition coefficient (Wildman–Crippen LogP) is -0.686. The van der Waals surface area contributed by atoms with E-state index >= 15 is 0 Å². The maximum absolute atomic E-state index is 12.1. The molecular formula is C9H11N5O3S. The minimum absolute atomic E-state index is 0.0177. The molecule has 0 bridgehead atoms. The van der Waals surface area contributed by atoms with E-state index in [2.05, 4.69) is 20.2 Å². The van der Waals surface area contributed by atoms with Crippen molar-refractivity contribution >= 4 is 10.0 Å². The van der Waals surface area contributed by atoms with Gasteiger partial charge in [0.15, 0.2) is 0 Å². The van der Waals surface area contributed by atoms with Crippen LogP contribution in [0.25, 0.3) is 0 Å². The summed E-state index contributed by atoms with van der Waals surface area (Å²) in [5.74, 6) is 0.436. The Morgan fingerprint density at radius 3 is 2.72 bits per heavy atom. The zero-order valence-electron chi connectivity index (χ0n) is 9.49. The van der Waals surface area contributed by atoms with E-state index < -0.39 is 10.0 Å². The van der Waals surface area contributed by atoms with E-state index in [9.17, 15) is 13.2 Å². The molecule has 0 saturated carbocycles. The van der Waals surface area contributed by atoms with Crippen molar-refractivity contribution in [2.45, 2.75) is 11.4 Å². The molecule has 0 fully saturated rings. The number of rotatable bonds is 4. The molecule has 0 atom stereocenters. The van der Waals surface area contributed by atoms with Gasteiger partial charge in [-0.15, -0.1) is 0 Å². The number of nitrogens with zero attached hydrogens (tertiary/aromatic N) is 3. The summed E-state index contributed by atoms with van der Waals surface area (Å²) in [5, 5.41) is 6.21. The van der Waals surface area contributed by atoms with Gasteiger partial charge in [0.2, 0.25) is 15.6 Å². The fourth-order valence-electron chi connectivity index (χ4n) is 1.34. The Kier molecular flexibility index (Phi) is 3.26. The van der Waals surface area contributed by atoms with Crippen LogP contribution in [-0.2, 0) is 16.6 Å². The minimum Gasteiger partial charge on any atom is -0.328 e. The molecule has 2 rings (SSSR count). The Morgan fingerprint density at radius 1 is 1.39 bits per heavy atom. The van der Waals surface area contributed by atoms with Crippen molar-refractivity contribution in [2.75, 3.05) is 7.05 Å². The van der Waals surface area contributed by atoms with Crippen LogP contribution in [-0.4, -0.2) is 39.9 Å². The lowest BCUT2D eigenvalue weighted by Gasteiger charge is -2.15. The first-order valence-electron chi connectivity index (χ1n) is 4.99. The third kappa shape index (κ3) is 2.46. The Bertz CT molecular complexity index is 656. The monoisotopic (exact) mass is 269 g/mol. The van der Waals surface area contributed by atoms with E-state index in [0.29, 0.717) is 5.82 Å². The number of sulfonamides is 1. The third-order valence-corrected chi connectivity index (χ3v) is 4.10. The number of H-pyrrole nitrogens is 2. The molecular weight excluding hydrogens is 258 g/mol. The second kappa shape index (κ2) is 4.70. The molecule has 0 unspecified atom stereocenters. The Morgan fingerprint density at radius 2 is 2.17 bits per heavy atom. The molecule has 8 nitrogen and oxygen atoms in total. The van der Waals surface area contributed by atoms with Crippen LogP contribution in [0.5, 0.6) is 0 Å². The summed E-state index contributed by atoms with van der Waals surface area (Å²) in [6.07, 6.45) is 2.46. The van der Waals surface area contributed by atoms with Gasteiger partial charge in [-0.1, -0.05) is 0 Å². The Hall–Kier alpha value is -2.00. The van der Waals surface area contributed by atoms with Crippen LogP contribution in [0.3, 0.4) is 0 Å². The molecule has 2 aromatic heterocycles. The second-order valence-electron chi connectivity index (χ2n) is 3.58. The zero-order valence-corrected chi connectivity index (χ0v) is 10.3. The largest absolute Gasteiger partial charge is 0.328 e. The van der Waals surface area contributed by atoms with Crippen molar-refractivity contribution in [3.63, 3.8) is 0 Å². The topological polar surface area (TPSA) is 112 Å². The number of aromatic amines is 2. The van der Waals surface area contributed by atoms with Crippen molar-refractivity contribution in [2.24, 2.45) is 0 Å². The average molecular weight is 269 g/mol. The first-order chi connectivity index (χ1) is 8.50. The molecule has 0 amide bonds. The van der Waals surface area contributed by atoms with E-state index in [1.165, 1.54) is 19.4 Å². The summed E-state index contributed by atoms with van der Waals surface area (Å²) in [7, 11) is -2.24. The first kappa shape index (κ1) is 12.5. The van der Waals surface area contributed by atoms with Crippen LogP contribution < -0.4 is 5.56 Å². The molecule has 2 N–H and O–H groups in total. The van der Waals surface area contributed by atoms with E-state index in [1.807, 2.05) is 0 Å². The maximum Gasteiger partial charge on any atom is 0.247 e. The van der Waals surface area contributed by atoms with Gasteiger partial charge in [-0.2, -0.15) is 9.40 Å².